The van der Waals surface area contributed by atoms with Crippen molar-refractivity contribution >= 4 is 5.91 Å². The maximum absolute atomic E-state index is 12.7. The average Bonchev–Trinajstić information content (AvgIpc) is 2.61. The van der Waals surface area contributed by atoms with Gasteiger partial charge in [0.05, 0.1) is 6.04 Å². The molecule has 5 nitrogen and oxygen atoms in total. The molecule has 0 aliphatic carbocycles. The fourth-order valence-electron chi connectivity index (χ4n) is 4.11. The third-order valence-electron chi connectivity index (χ3n) is 6.03. The summed E-state index contributed by atoms with van der Waals surface area (Å²) >= 11 is 0. The molecule has 1 aromatic carbocycles. The molecule has 2 aliphatic rings. The van der Waals surface area contributed by atoms with Gasteiger partial charge in [-0.25, -0.2) is 0 Å². The zero-order chi connectivity index (χ0) is 18.7. The molecule has 2 heterocycles. The fraction of sp³-hybridized carbons (Fsp3) is 0.667. The zero-order valence-corrected chi connectivity index (χ0v) is 16.6. The summed E-state index contributed by atoms with van der Waals surface area (Å²) in [5.74, 6) is 0.105. The van der Waals surface area contributed by atoms with Crippen molar-refractivity contribution in [2.24, 2.45) is 5.73 Å². The zero-order valence-electron chi connectivity index (χ0n) is 16.6. The van der Waals surface area contributed by atoms with Crippen LogP contribution in [0.3, 0.4) is 0 Å². The summed E-state index contributed by atoms with van der Waals surface area (Å²) in [6.45, 7) is 10.5. The first-order valence-corrected chi connectivity index (χ1v) is 10.1. The van der Waals surface area contributed by atoms with E-state index in [9.17, 15) is 4.79 Å². The molecule has 0 unspecified atom stereocenters. The maximum Gasteiger partial charge on any atom is 0.239 e. The van der Waals surface area contributed by atoms with Crippen molar-refractivity contribution in [2.75, 3.05) is 46.3 Å². The molecule has 5 heteroatoms. The van der Waals surface area contributed by atoms with E-state index in [0.717, 1.165) is 52.1 Å². The Morgan fingerprint density at radius 2 is 1.77 bits per heavy atom. The number of amides is 1. The van der Waals surface area contributed by atoms with E-state index in [1.807, 2.05) is 4.90 Å². The maximum atomic E-state index is 12.7. The SMILES string of the molecule is CCc1ccc(C[C@@H](N)C(=O)N2CC(N3CCN(C)CC3)C2)cc1CC. The van der Waals surface area contributed by atoms with E-state index in [2.05, 4.69) is 48.9 Å². The van der Waals surface area contributed by atoms with Crippen molar-refractivity contribution in [1.82, 2.24) is 14.7 Å². The number of likely N-dealkylation sites (tertiary alicyclic amines) is 1. The molecular weight excluding hydrogens is 324 g/mol. The Hall–Kier alpha value is -1.43. The molecule has 144 valence electrons. The molecule has 2 saturated heterocycles. The molecule has 0 saturated carbocycles. The largest absolute Gasteiger partial charge is 0.338 e. The normalized spacial score (nSPS) is 20.8. The van der Waals surface area contributed by atoms with Crippen LogP contribution in [-0.2, 0) is 24.1 Å². The lowest BCUT2D eigenvalue weighted by Crippen LogP contribution is -2.65. The number of carbonyl (C=O) groups is 1. The van der Waals surface area contributed by atoms with Crippen molar-refractivity contribution in [3.05, 3.63) is 34.9 Å². The van der Waals surface area contributed by atoms with Crippen molar-refractivity contribution in [2.45, 2.75) is 45.2 Å². The number of carbonyl (C=O) groups excluding carboxylic acids is 1. The van der Waals surface area contributed by atoms with Crippen LogP contribution in [0.2, 0.25) is 0 Å². The first-order chi connectivity index (χ1) is 12.5. The molecule has 2 aliphatic heterocycles. The minimum absolute atomic E-state index is 0.105. The summed E-state index contributed by atoms with van der Waals surface area (Å²) < 4.78 is 0. The van der Waals surface area contributed by atoms with Gasteiger partial charge in [0, 0.05) is 45.3 Å². The van der Waals surface area contributed by atoms with Crippen LogP contribution in [0.15, 0.2) is 18.2 Å². The predicted molar refractivity (Wildman–Crippen MR) is 106 cm³/mol. The molecule has 3 rings (SSSR count). The average molecular weight is 359 g/mol. The third kappa shape index (κ3) is 4.27. The van der Waals surface area contributed by atoms with Crippen LogP contribution in [0.1, 0.15) is 30.5 Å². The summed E-state index contributed by atoms with van der Waals surface area (Å²) in [6, 6.07) is 6.65. The molecule has 2 N–H and O–H groups in total. The summed E-state index contributed by atoms with van der Waals surface area (Å²) in [6.07, 6.45) is 2.71. The molecule has 1 aromatic rings. The summed E-state index contributed by atoms with van der Waals surface area (Å²) in [5, 5.41) is 0. The molecule has 0 spiro atoms. The fourth-order valence-corrected chi connectivity index (χ4v) is 4.11. The van der Waals surface area contributed by atoms with Gasteiger partial charge in [0.1, 0.15) is 0 Å². The van der Waals surface area contributed by atoms with E-state index in [0.29, 0.717) is 12.5 Å². The van der Waals surface area contributed by atoms with Gasteiger partial charge in [0.2, 0.25) is 5.91 Å². The van der Waals surface area contributed by atoms with Crippen LogP contribution in [0, 0.1) is 0 Å². The van der Waals surface area contributed by atoms with Gasteiger partial charge >= 0.3 is 0 Å². The van der Waals surface area contributed by atoms with Gasteiger partial charge < -0.3 is 15.5 Å². The first kappa shape index (κ1) is 19.3. The van der Waals surface area contributed by atoms with Gasteiger partial charge in [-0.1, -0.05) is 32.0 Å². The number of aryl methyl sites for hydroxylation is 2. The van der Waals surface area contributed by atoms with Crippen LogP contribution in [0.5, 0.6) is 0 Å². The Bertz CT molecular complexity index is 618. The number of hydrogen-bond acceptors (Lipinski definition) is 4. The minimum Gasteiger partial charge on any atom is -0.338 e. The van der Waals surface area contributed by atoms with Gasteiger partial charge in [-0.3, -0.25) is 9.69 Å². The van der Waals surface area contributed by atoms with Crippen molar-refractivity contribution in [3.63, 3.8) is 0 Å². The number of rotatable bonds is 6. The van der Waals surface area contributed by atoms with E-state index in [-0.39, 0.29) is 5.91 Å². The Morgan fingerprint density at radius 3 is 2.38 bits per heavy atom. The van der Waals surface area contributed by atoms with E-state index in [1.165, 1.54) is 16.7 Å². The van der Waals surface area contributed by atoms with Crippen LogP contribution >= 0.6 is 0 Å². The number of nitrogens with zero attached hydrogens (tertiary/aromatic N) is 3. The molecule has 1 atom stereocenters. The molecular formula is C21H34N4O. The Labute approximate surface area is 158 Å². The third-order valence-corrected chi connectivity index (χ3v) is 6.03. The Morgan fingerprint density at radius 1 is 1.12 bits per heavy atom. The lowest BCUT2D eigenvalue weighted by Gasteiger charge is -2.48. The van der Waals surface area contributed by atoms with Crippen LogP contribution < -0.4 is 5.73 Å². The highest BCUT2D eigenvalue weighted by Crippen LogP contribution is 2.19. The molecule has 0 bridgehead atoms. The lowest BCUT2D eigenvalue weighted by atomic mass is 9.96. The van der Waals surface area contributed by atoms with Crippen molar-refractivity contribution in [3.8, 4) is 0 Å². The van der Waals surface area contributed by atoms with Crippen LogP contribution in [0.25, 0.3) is 0 Å². The topological polar surface area (TPSA) is 52.8 Å². The molecule has 26 heavy (non-hydrogen) atoms. The second kappa shape index (κ2) is 8.51. The second-order valence-corrected chi connectivity index (χ2v) is 7.86. The van der Waals surface area contributed by atoms with Crippen LogP contribution in [-0.4, -0.2) is 79.0 Å². The van der Waals surface area contributed by atoms with Gasteiger partial charge in [-0.05, 0) is 43.0 Å². The predicted octanol–water partition coefficient (Wildman–Crippen LogP) is 1.14. The van der Waals surface area contributed by atoms with E-state index in [4.69, 9.17) is 5.73 Å². The number of benzene rings is 1. The van der Waals surface area contributed by atoms with Gasteiger partial charge in [0.15, 0.2) is 0 Å². The summed E-state index contributed by atoms with van der Waals surface area (Å²) in [7, 11) is 2.17. The molecule has 2 fully saturated rings. The standard InChI is InChI=1S/C21H34N4O/c1-4-17-7-6-16(12-18(17)5-2)13-20(22)21(26)25-14-19(15-25)24-10-8-23(3)9-11-24/h6-7,12,19-20H,4-5,8-11,13-15,22H2,1-3H3/t20-/m1/s1. The van der Waals surface area contributed by atoms with Gasteiger partial charge in [-0.2, -0.15) is 0 Å². The molecule has 1 amide bonds. The lowest BCUT2D eigenvalue weighted by molar-refractivity contribution is -0.140. The smallest absolute Gasteiger partial charge is 0.239 e. The number of piperazine rings is 1. The van der Waals surface area contributed by atoms with Crippen LogP contribution in [0.4, 0.5) is 0 Å². The quantitative estimate of drug-likeness (QED) is 0.829. The number of hydrogen-bond donors (Lipinski definition) is 1. The van der Waals surface area contributed by atoms with Crippen molar-refractivity contribution in [1.29, 1.82) is 0 Å². The van der Waals surface area contributed by atoms with Gasteiger partial charge in [-0.15, -0.1) is 0 Å². The highest BCUT2D eigenvalue weighted by atomic mass is 16.2. The monoisotopic (exact) mass is 358 g/mol. The summed E-state index contributed by atoms with van der Waals surface area (Å²) in [4.78, 5) is 19.5. The second-order valence-electron chi connectivity index (χ2n) is 7.86. The van der Waals surface area contributed by atoms with E-state index in [1.54, 1.807) is 0 Å². The summed E-state index contributed by atoms with van der Waals surface area (Å²) in [5.41, 5.74) is 10.2. The molecule has 0 aromatic heterocycles. The van der Waals surface area contributed by atoms with Gasteiger partial charge in [0.25, 0.3) is 0 Å². The first-order valence-electron chi connectivity index (χ1n) is 10.1. The Balaban J connectivity index is 1.50. The number of nitrogens with two attached hydrogens (primary N) is 1. The number of likely N-dealkylation sites (N-methyl/N-ethyl adjacent to an activating group) is 1. The highest BCUT2D eigenvalue weighted by Gasteiger charge is 2.37. The molecule has 0 radical (unpaired) electrons. The highest BCUT2D eigenvalue weighted by molar-refractivity contribution is 5.82. The van der Waals surface area contributed by atoms with Crippen molar-refractivity contribution < 1.29 is 4.79 Å². The Kier molecular flexibility index (Phi) is 6.33. The minimum atomic E-state index is -0.430. The van der Waals surface area contributed by atoms with E-state index >= 15 is 0 Å². The van der Waals surface area contributed by atoms with E-state index < -0.39 is 6.04 Å².